The number of methoxy groups -OCH3 is 1. The van der Waals surface area contributed by atoms with Crippen LogP contribution in [0.1, 0.15) is 11.1 Å². The molecular weight excluding hydrogens is 625 g/mol. The molecule has 224 valence electrons. The van der Waals surface area contributed by atoms with E-state index in [1.54, 1.807) is 4.90 Å². The summed E-state index contributed by atoms with van der Waals surface area (Å²) in [6, 6.07) is 7.59. The van der Waals surface area contributed by atoms with Gasteiger partial charge in [0.15, 0.2) is 5.82 Å². The van der Waals surface area contributed by atoms with Crippen molar-refractivity contribution >= 4 is 63.3 Å². The lowest BCUT2D eigenvalue weighted by Gasteiger charge is -2.29. The normalized spacial score (nSPS) is 13.4. The van der Waals surface area contributed by atoms with Crippen LogP contribution in [0.3, 0.4) is 0 Å². The van der Waals surface area contributed by atoms with Gasteiger partial charge in [0.25, 0.3) is 6.43 Å². The lowest BCUT2D eigenvalue weighted by molar-refractivity contribution is 0.0820. The molecule has 0 amide bonds. The minimum absolute atomic E-state index is 0. The van der Waals surface area contributed by atoms with Crippen LogP contribution in [0.5, 0.6) is 17.2 Å². The van der Waals surface area contributed by atoms with Crippen LogP contribution < -0.4 is 24.1 Å². The number of ether oxygens (including phenoxy) is 1. The maximum atomic E-state index is 13.0. The smallest absolute Gasteiger partial charge is 0.488 e. The number of halogens is 4. The van der Waals surface area contributed by atoms with E-state index in [4.69, 9.17) is 20.9 Å². The number of aromatic nitrogens is 2. The maximum absolute atomic E-state index is 13.0. The average Bonchev–Trinajstić information content (AvgIpc) is 2.85. The first-order valence-electron chi connectivity index (χ1n) is 11.8. The Morgan fingerprint density at radius 3 is 2.54 bits per heavy atom. The van der Waals surface area contributed by atoms with Gasteiger partial charge in [-0.2, -0.15) is 23.3 Å². The van der Waals surface area contributed by atoms with E-state index in [0.717, 1.165) is 11.1 Å². The summed E-state index contributed by atoms with van der Waals surface area (Å²) in [6.07, 6.45) is -0.430. The van der Waals surface area contributed by atoms with Crippen LogP contribution in [-0.2, 0) is 23.5 Å². The number of nitrogens with zero attached hydrogens (tertiary/aromatic N) is 3. The van der Waals surface area contributed by atoms with Crippen molar-refractivity contribution in [3.63, 3.8) is 0 Å². The Labute approximate surface area is 245 Å². The Morgan fingerprint density at radius 2 is 1.88 bits per heavy atom. The van der Waals surface area contributed by atoms with Crippen LogP contribution in [0.25, 0.3) is 0 Å². The summed E-state index contributed by atoms with van der Waals surface area (Å²) >= 11 is 6.34. The van der Waals surface area contributed by atoms with E-state index >= 15 is 0 Å². The van der Waals surface area contributed by atoms with Crippen molar-refractivity contribution in [2.75, 3.05) is 44.2 Å². The number of anilines is 4. The zero-order valence-corrected chi connectivity index (χ0v) is 26.2. The zero-order chi connectivity index (χ0) is 29.0. The molecule has 1 atom stereocenters. The molecule has 2 N–H and O–H groups in total. The number of rotatable bonds is 11. The molecule has 0 saturated carbocycles. The third kappa shape index (κ3) is 9.18. The highest BCUT2D eigenvalue weighted by Crippen LogP contribution is 2.40. The standard InChI is InChI=1S/C24H26ClF3N5O5PS.H3P/c1-36-20-9-14-6-7-33(13-22(26)27)12-15(14)8-19(20)31-24-29-11-17(25)23(32-24)30-18-5-4-16(38-40(28,34)35)10-21(18)37-39(2)3;/h4-5,8-11,22H,6-7,12-13H2,1-3H3,(H2,29,30,31,32);1H3. The summed E-state index contributed by atoms with van der Waals surface area (Å²) in [5.41, 5.74) is 2.79. The number of fused-ring (bicyclic) bond motifs is 1. The number of hydrogen-bond donors (Lipinski definition) is 2. The predicted octanol–water partition coefficient (Wildman–Crippen LogP) is 5.94. The molecule has 2 heterocycles. The fourth-order valence-electron chi connectivity index (χ4n) is 4.07. The third-order valence-corrected chi connectivity index (χ3v) is 6.91. The molecule has 10 nitrogen and oxygen atoms in total. The van der Waals surface area contributed by atoms with Crippen LogP contribution >= 0.6 is 29.6 Å². The van der Waals surface area contributed by atoms with Crippen LogP contribution in [-0.4, -0.2) is 63.2 Å². The Bertz CT molecular complexity index is 1490. The molecule has 0 radical (unpaired) electrons. The van der Waals surface area contributed by atoms with E-state index in [-0.39, 0.29) is 44.7 Å². The second-order valence-electron chi connectivity index (χ2n) is 8.88. The zero-order valence-electron chi connectivity index (χ0n) is 22.3. The van der Waals surface area contributed by atoms with Crippen LogP contribution in [0, 0.1) is 0 Å². The molecule has 0 fully saturated rings. The van der Waals surface area contributed by atoms with Gasteiger partial charge in [-0.3, -0.25) is 4.90 Å². The molecule has 3 aromatic rings. The van der Waals surface area contributed by atoms with Gasteiger partial charge in [-0.25, -0.2) is 13.8 Å². The third-order valence-electron chi connectivity index (χ3n) is 5.68. The van der Waals surface area contributed by atoms with Gasteiger partial charge in [-0.1, -0.05) is 15.5 Å². The van der Waals surface area contributed by atoms with Gasteiger partial charge in [-0.15, -0.1) is 0 Å². The minimum atomic E-state index is -5.22. The first-order chi connectivity index (χ1) is 18.9. The van der Waals surface area contributed by atoms with E-state index in [0.29, 0.717) is 36.6 Å². The summed E-state index contributed by atoms with van der Waals surface area (Å²) in [7, 11) is -4.66. The average molecular weight is 654 g/mol. The van der Waals surface area contributed by atoms with Gasteiger partial charge in [0.05, 0.1) is 39.4 Å². The first-order valence-corrected chi connectivity index (χ1v) is 15.6. The van der Waals surface area contributed by atoms with Crippen molar-refractivity contribution < 1.29 is 34.5 Å². The molecular formula is C24H29ClF3N5O5P2S. The van der Waals surface area contributed by atoms with Crippen molar-refractivity contribution in [2.45, 2.75) is 19.4 Å². The van der Waals surface area contributed by atoms with Crippen molar-refractivity contribution in [1.29, 1.82) is 0 Å². The van der Waals surface area contributed by atoms with Crippen LogP contribution in [0.4, 0.5) is 35.8 Å². The van der Waals surface area contributed by atoms with E-state index < -0.39 is 25.1 Å². The molecule has 0 saturated heterocycles. The number of nitrogens with one attached hydrogen (secondary N) is 2. The molecule has 41 heavy (non-hydrogen) atoms. The van der Waals surface area contributed by atoms with E-state index in [2.05, 4.69) is 24.8 Å². The molecule has 1 aliphatic heterocycles. The summed E-state index contributed by atoms with van der Waals surface area (Å²) in [4.78, 5) is 10.4. The SMILES string of the molecule is COc1cc2c(cc1Nc1ncc(Cl)c(Nc3ccc(OS(=O)(=O)F)cc3OP(C)C)n1)CN(CC(F)F)CC2.P. The molecule has 1 unspecified atom stereocenters. The fraction of sp³-hybridized carbons (Fsp3) is 0.333. The summed E-state index contributed by atoms with van der Waals surface area (Å²) in [5, 5.41) is 6.28. The Morgan fingerprint density at radius 1 is 1.12 bits per heavy atom. The topological polar surface area (TPSA) is 115 Å². The van der Waals surface area contributed by atoms with Crippen molar-refractivity contribution in [2.24, 2.45) is 0 Å². The first kappa shape index (κ1) is 32.9. The van der Waals surface area contributed by atoms with Crippen LogP contribution in [0.2, 0.25) is 5.02 Å². The molecule has 1 aliphatic rings. The maximum Gasteiger partial charge on any atom is 0.488 e. The molecule has 17 heteroatoms. The molecule has 2 aromatic carbocycles. The van der Waals surface area contributed by atoms with E-state index in [1.807, 2.05) is 25.5 Å². The van der Waals surface area contributed by atoms with E-state index in [9.17, 15) is 21.1 Å². The Balaban J connectivity index is 0.00000462. The molecule has 1 aromatic heterocycles. The monoisotopic (exact) mass is 653 g/mol. The van der Waals surface area contributed by atoms with Crippen LogP contribution in [0.15, 0.2) is 36.5 Å². The van der Waals surface area contributed by atoms with Gasteiger partial charge in [0, 0.05) is 19.2 Å². The summed E-state index contributed by atoms with van der Waals surface area (Å²) in [5.74, 6) is 0.785. The lowest BCUT2D eigenvalue weighted by Crippen LogP contribution is -2.34. The van der Waals surface area contributed by atoms with Gasteiger partial charge in [0.1, 0.15) is 22.3 Å². The van der Waals surface area contributed by atoms with E-state index in [1.165, 1.54) is 31.5 Å². The highest BCUT2D eigenvalue weighted by Gasteiger charge is 2.22. The summed E-state index contributed by atoms with van der Waals surface area (Å²) < 4.78 is 76.3. The van der Waals surface area contributed by atoms with Gasteiger partial charge >= 0.3 is 10.5 Å². The van der Waals surface area contributed by atoms with Crippen molar-refractivity contribution in [3.05, 3.63) is 52.7 Å². The number of benzene rings is 2. The Hall–Kier alpha value is -2.63. The fourth-order valence-corrected chi connectivity index (χ4v) is 5.09. The highest BCUT2D eigenvalue weighted by molar-refractivity contribution is 7.81. The molecule has 0 bridgehead atoms. The second-order valence-corrected chi connectivity index (χ2v) is 12.0. The molecule has 0 spiro atoms. The van der Waals surface area contributed by atoms with Crippen molar-refractivity contribution in [3.8, 4) is 17.2 Å². The largest absolute Gasteiger partial charge is 0.495 e. The van der Waals surface area contributed by atoms with Gasteiger partial charge in [-0.05, 0) is 55.1 Å². The minimum Gasteiger partial charge on any atom is -0.495 e. The Kier molecular flexibility index (Phi) is 11.2. The molecule has 0 aliphatic carbocycles. The predicted molar refractivity (Wildman–Crippen MR) is 159 cm³/mol. The quantitative estimate of drug-likeness (QED) is 0.191. The number of alkyl halides is 2. The lowest BCUT2D eigenvalue weighted by atomic mass is 9.98. The summed E-state index contributed by atoms with van der Waals surface area (Å²) in [6.45, 7) is 4.23. The second kappa shape index (κ2) is 14.0. The van der Waals surface area contributed by atoms with Gasteiger partial charge in [0.2, 0.25) is 5.95 Å². The van der Waals surface area contributed by atoms with Crippen molar-refractivity contribution in [1.82, 2.24) is 14.9 Å². The number of hydrogen-bond acceptors (Lipinski definition) is 10. The van der Waals surface area contributed by atoms with Gasteiger partial charge < -0.3 is 24.1 Å². The molecule has 4 rings (SSSR count). The highest BCUT2D eigenvalue weighted by atomic mass is 35.5.